The van der Waals surface area contributed by atoms with Crippen LogP contribution >= 0.6 is 0 Å². The molecule has 0 radical (unpaired) electrons. The zero-order chi connectivity index (χ0) is 21.0. The van der Waals surface area contributed by atoms with Crippen LogP contribution in [0.1, 0.15) is 66.7 Å². The molecule has 0 aromatic heterocycles. The molecular weight excluding hydrogens is 363 g/mol. The van der Waals surface area contributed by atoms with E-state index in [0.29, 0.717) is 19.0 Å². The van der Waals surface area contributed by atoms with E-state index < -0.39 is 12.7 Å². The van der Waals surface area contributed by atoms with Gasteiger partial charge in [0.25, 0.3) is 0 Å². The highest BCUT2D eigenvalue weighted by molar-refractivity contribution is 4.88. The van der Waals surface area contributed by atoms with Crippen molar-refractivity contribution in [2.75, 3.05) is 52.4 Å². The Labute approximate surface area is 170 Å². The third-order valence-electron chi connectivity index (χ3n) is 7.57. The van der Waals surface area contributed by atoms with Crippen molar-refractivity contribution in [3.8, 4) is 0 Å². The number of piperidine rings is 1. The SMILES string of the molecule is CC(C)C(C)(C)N1CCN(CCCCC2(C)CCN(CC(F)(F)F)CC2)CC1. The second-order valence-corrected chi connectivity index (χ2v) is 10.3. The molecule has 6 heteroatoms. The standard InChI is InChI=1S/C22H42F3N3/c1-19(2)20(3,4)28-16-14-26(15-17-28)11-7-6-8-21(5)9-12-27(13-10-21)18-22(23,24)25/h19H,6-18H2,1-5H3. The maximum atomic E-state index is 12.5. The van der Waals surface area contributed by atoms with Crippen LogP contribution in [0.4, 0.5) is 13.2 Å². The number of hydrogen-bond donors (Lipinski definition) is 0. The molecule has 2 heterocycles. The predicted octanol–water partition coefficient (Wildman–Crippen LogP) is 4.87. The minimum absolute atomic E-state index is 0.224. The van der Waals surface area contributed by atoms with E-state index in [1.54, 1.807) is 4.90 Å². The monoisotopic (exact) mass is 405 g/mol. The van der Waals surface area contributed by atoms with Crippen LogP contribution in [0.15, 0.2) is 0 Å². The summed E-state index contributed by atoms with van der Waals surface area (Å²) in [4.78, 5) is 6.78. The van der Waals surface area contributed by atoms with Gasteiger partial charge in [0.05, 0.1) is 6.54 Å². The number of likely N-dealkylation sites (tertiary alicyclic amines) is 1. The molecule has 0 amide bonds. The van der Waals surface area contributed by atoms with Crippen molar-refractivity contribution >= 4 is 0 Å². The molecule has 2 aliphatic rings. The minimum atomic E-state index is -4.07. The Bertz CT molecular complexity index is 460. The zero-order valence-corrected chi connectivity index (χ0v) is 18.7. The van der Waals surface area contributed by atoms with Crippen LogP contribution in [0.5, 0.6) is 0 Å². The largest absolute Gasteiger partial charge is 0.401 e. The van der Waals surface area contributed by atoms with Gasteiger partial charge in [-0.1, -0.05) is 27.2 Å². The van der Waals surface area contributed by atoms with Gasteiger partial charge < -0.3 is 4.90 Å². The van der Waals surface area contributed by atoms with Gasteiger partial charge in [-0.05, 0) is 70.5 Å². The number of piperazine rings is 1. The van der Waals surface area contributed by atoms with Gasteiger partial charge >= 0.3 is 6.18 Å². The average molecular weight is 406 g/mol. The zero-order valence-electron chi connectivity index (χ0n) is 18.7. The average Bonchev–Trinajstić information content (AvgIpc) is 2.60. The van der Waals surface area contributed by atoms with Gasteiger partial charge in [-0.25, -0.2) is 0 Å². The molecule has 0 aromatic carbocycles. The second-order valence-electron chi connectivity index (χ2n) is 10.3. The molecule has 0 unspecified atom stereocenters. The molecule has 2 rings (SSSR count). The van der Waals surface area contributed by atoms with Crippen molar-refractivity contribution in [2.45, 2.75) is 78.4 Å². The third-order valence-corrected chi connectivity index (χ3v) is 7.57. The smallest absolute Gasteiger partial charge is 0.301 e. The molecule has 0 spiro atoms. The normalized spacial score (nSPS) is 23.5. The first kappa shape index (κ1) is 23.9. The maximum absolute atomic E-state index is 12.5. The Morgan fingerprint density at radius 2 is 1.43 bits per heavy atom. The summed E-state index contributed by atoms with van der Waals surface area (Å²) in [6.07, 6.45) is 1.26. The molecule has 28 heavy (non-hydrogen) atoms. The number of nitrogens with zero attached hydrogens (tertiary/aromatic N) is 3. The molecular formula is C22H42F3N3. The predicted molar refractivity (Wildman–Crippen MR) is 111 cm³/mol. The molecule has 0 saturated carbocycles. The number of alkyl halides is 3. The van der Waals surface area contributed by atoms with E-state index >= 15 is 0 Å². The summed E-state index contributed by atoms with van der Waals surface area (Å²) >= 11 is 0. The summed E-state index contributed by atoms with van der Waals surface area (Å²) in [6, 6.07) is 0. The summed E-state index contributed by atoms with van der Waals surface area (Å²) < 4.78 is 37.6. The summed E-state index contributed by atoms with van der Waals surface area (Å²) in [5, 5.41) is 0. The second kappa shape index (κ2) is 9.65. The highest BCUT2D eigenvalue weighted by atomic mass is 19.4. The van der Waals surface area contributed by atoms with E-state index in [9.17, 15) is 13.2 Å². The van der Waals surface area contributed by atoms with Crippen LogP contribution in [0.2, 0.25) is 0 Å². The van der Waals surface area contributed by atoms with Crippen molar-refractivity contribution in [1.82, 2.24) is 14.7 Å². The van der Waals surface area contributed by atoms with Gasteiger partial charge in [0, 0.05) is 31.7 Å². The first-order chi connectivity index (χ1) is 12.9. The topological polar surface area (TPSA) is 9.72 Å². The van der Waals surface area contributed by atoms with Gasteiger partial charge in [-0.3, -0.25) is 9.80 Å². The lowest BCUT2D eigenvalue weighted by Gasteiger charge is -2.46. The van der Waals surface area contributed by atoms with Gasteiger partial charge in [0.1, 0.15) is 0 Å². The van der Waals surface area contributed by atoms with E-state index in [2.05, 4.69) is 44.4 Å². The minimum Gasteiger partial charge on any atom is -0.301 e. The fourth-order valence-corrected chi connectivity index (χ4v) is 4.55. The number of unbranched alkanes of at least 4 members (excludes halogenated alkanes) is 1. The van der Waals surface area contributed by atoms with Crippen LogP contribution in [0.3, 0.4) is 0 Å². The molecule has 0 atom stereocenters. The Balaban J connectivity index is 1.61. The summed E-state index contributed by atoms with van der Waals surface area (Å²) in [5.41, 5.74) is 0.490. The molecule has 0 aromatic rings. The Morgan fingerprint density at radius 3 is 1.93 bits per heavy atom. The lowest BCUT2D eigenvalue weighted by atomic mass is 9.76. The Kier molecular flexibility index (Phi) is 8.25. The molecule has 0 aliphatic carbocycles. The number of hydrogen-bond acceptors (Lipinski definition) is 3. The lowest BCUT2D eigenvalue weighted by molar-refractivity contribution is -0.150. The number of halogens is 3. The molecule has 166 valence electrons. The summed E-state index contributed by atoms with van der Waals surface area (Å²) in [6.45, 7) is 17.8. The molecule has 2 fully saturated rings. The van der Waals surface area contributed by atoms with Crippen molar-refractivity contribution in [3.05, 3.63) is 0 Å². The van der Waals surface area contributed by atoms with Crippen LogP contribution in [-0.2, 0) is 0 Å². The third kappa shape index (κ3) is 7.17. The van der Waals surface area contributed by atoms with Crippen LogP contribution in [0, 0.1) is 11.3 Å². The summed E-state index contributed by atoms with van der Waals surface area (Å²) in [7, 11) is 0. The fourth-order valence-electron chi connectivity index (χ4n) is 4.55. The van der Waals surface area contributed by atoms with Crippen LogP contribution < -0.4 is 0 Å². The van der Waals surface area contributed by atoms with Crippen LogP contribution in [0.25, 0.3) is 0 Å². The fraction of sp³-hybridized carbons (Fsp3) is 1.00. The van der Waals surface area contributed by atoms with Gasteiger partial charge in [-0.15, -0.1) is 0 Å². The van der Waals surface area contributed by atoms with E-state index in [-0.39, 0.29) is 11.0 Å². The number of rotatable bonds is 8. The lowest BCUT2D eigenvalue weighted by Crippen LogP contribution is -2.56. The molecule has 2 aliphatic heterocycles. The van der Waals surface area contributed by atoms with E-state index in [4.69, 9.17) is 0 Å². The molecule has 2 saturated heterocycles. The van der Waals surface area contributed by atoms with E-state index in [1.807, 2.05) is 0 Å². The van der Waals surface area contributed by atoms with Crippen molar-refractivity contribution in [3.63, 3.8) is 0 Å². The van der Waals surface area contributed by atoms with Crippen molar-refractivity contribution in [1.29, 1.82) is 0 Å². The van der Waals surface area contributed by atoms with E-state index in [1.165, 1.54) is 12.8 Å². The van der Waals surface area contributed by atoms with Gasteiger partial charge in [0.15, 0.2) is 0 Å². The molecule has 0 N–H and O–H groups in total. The van der Waals surface area contributed by atoms with E-state index in [0.717, 1.165) is 52.0 Å². The highest BCUT2D eigenvalue weighted by Crippen LogP contribution is 2.36. The summed E-state index contributed by atoms with van der Waals surface area (Å²) in [5.74, 6) is 0.655. The molecule has 3 nitrogen and oxygen atoms in total. The first-order valence-electron chi connectivity index (χ1n) is 11.2. The quantitative estimate of drug-likeness (QED) is 0.533. The highest BCUT2D eigenvalue weighted by Gasteiger charge is 2.36. The maximum Gasteiger partial charge on any atom is 0.401 e. The first-order valence-corrected chi connectivity index (χ1v) is 11.2. The van der Waals surface area contributed by atoms with Crippen molar-refractivity contribution < 1.29 is 13.2 Å². The molecule has 0 bridgehead atoms. The van der Waals surface area contributed by atoms with Crippen molar-refractivity contribution in [2.24, 2.45) is 11.3 Å². The Hall–Kier alpha value is -0.330. The van der Waals surface area contributed by atoms with Gasteiger partial charge in [-0.2, -0.15) is 13.2 Å². The Morgan fingerprint density at radius 1 is 0.857 bits per heavy atom. The van der Waals surface area contributed by atoms with Crippen LogP contribution in [-0.4, -0.2) is 78.8 Å². The van der Waals surface area contributed by atoms with Gasteiger partial charge in [0.2, 0.25) is 0 Å².